The van der Waals surface area contributed by atoms with E-state index < -0.39 is 0 Å². The molecule has 6 heteroatoms. The Morgan fingerprint density at radius 1 is 0.654 bits per heavy atom. The molecule has 0 aliphatic heterocycles. The first kappa shape index (κ1) is 18.0. The Labute approximate surface area is 154 Å². The molecule has 0 bridgehead atoms. The molecule has 4 heterocycles. The van der Waals surface area contributed by atoms with Gasteiger partial charge in [0.2, 0.25) is 0 Å². The van der Waals surface area contributed by atoms with Crippen LogP contribution in [-0.4, -0.2) is 28.7 Å². The predicted octanol–water partition coefficient (Wildman–Crippen LogP) is 3.93. The van der Waals surface area contributed by atoms with Crippen molar-refractivity contribution >= 4 is 11.0 Å². The number of rotatable bonds is 0. The van der Waals surface area contributed by atoms with Gasteiger partial charge in [-0.15, -0.1) is 0 Å². The Hall–Kier alpha value is -2.76. The Morgan fingerprint density at radius 3 is 1.96 bits per heavy atom. The third-order valence-corrected chi connectivity index (χ3v) is 5.02. The highest BCUT2D eigenvalue weighted by molar-refractivity contribution is 5.56. The molecule has 0 aromatic carbocycles. The van der Waals surface area contributed by atoms with Gasteiger partial charge < -0.3 is 0 Å². The summed E-state index contributed by atoms with van der Waals surface area (Å²) in [5.41, 5.74) is 9.89. The fraction of sp³-hybridized carbons (Fsp3) is 0.400. The van der Waals surface area contributed by atoms with Crippen molar-refractivity contribution < 1.29 is 0 Å². The SMILES string of the molecule is Cc1nc(C)c2c(C)ncn2c1C.Cc1nc(C)c2cnc(C)n2c1C. The van der Waals surface area contributed by atoms with Crippen molar-refractivity contribution in [3.8, 4) is 0 Å². The lowest BCUT2D eigenvalue weighted by molar-refractivity contribution is 0.931. The lowest BCUT2D eigenvalue weighted by Gasteiger charge is -2.07. The van der Waals surface area contributed by atoms with Crippen LogP contribution in [0.2, 0.25) is 0 Å². The maximum Gasteiger partial charge on any atom is 0.110 e. The standard InChI is InChI=1S/2C10H13N3/c1-6-9(4)13-5-11-7(2)10(13)8(3)12-6;1-6-8(3)13-9(4)11-5-10(13)7(2)12-6/h2*5H,1-4H3. The molecule has 0 aliphatic carbocycles. The highest BCUT2D eigenvalue weighted by Gasteiger charge is 2.08. The maximum absolute atomic E-state index is 4.47. The Balaban J connectivity index is 0.000000151. The summed E-state index contributed by atoms with van der Waals surface area (Å²) in [6.45, 7) is 16.3. The summed E-state index contributed by atoms with van der Waals surface area (Å²) < 4.78 is 4.25. The van der Waals surface area contributed by atoms with Crippen LogP contribution in [-0.2, 0) is 0 Å². The monoisotopic (exact) mass is 350 g/mol. The van der Waals surface area contributed by atoms with Crippen LogP contribution in [0, 0.1) is 55.4 Å². The normalized spacial score (nSPS) is 11.1. The van der Waals surface area contributed by atoms with Crippen molar-refractivity contribution in [2.45, 2.75) is 55.4 Å². The molecule has 0 atom stereocenters. The molecule has 26 heavy (non-hydrogen) atoms. The van der Waals surface area contributed by atoms with Crippen molar-refractivity contribution in [1.29, 1.82) is 0 Å². The summed E-state index contributed by atoms with van der Waals surface area (Å²) >= 11 is 0. The molecule has 0 fully saturated rings. The van der Waals surface area contributed by atoms with Crippen molar-refractivity contribution in [2.24, 2.45) is 0 Å². The first-order valence-corrected chi connectivity index (χ1v) is 8.77. The molecule has 0 unspecified atom stereocenters. The minimum atomic E-state index is 1.03. The molecule has 0 aliphatic rings. The van der Waals surface area contributed by atoms with Gasteiger partial charge in [-0.2, -0.15) is 0 Å². The minimum Gasteiger partial charge on any atom is -0.300 e. The van der Waals surface area contributed by atoms with Gasteiger partial charge in [0.15, 0.2) is 0 Å². The molecule has 4 aromatic rings. The number of nitrogens with zero attached hydrogens (tertiary/aromatic N) is 6. The Bertz CT molecular complexity index is 1120. The van der Waals surface area contributed by atoms with E-state index in [1.165, 1.54) is 11.4 Å². The summed E-state index contributed by atoms with van der Waals surface area (Å²) in [6.07, 6.45) is 3.74. The quantitative estimate of drug-likeness (QED) is 0.482. The van der Waals surface area contributed by atoms with Crippen LogP contribution in [0.15, 0.2) is 12.5 Å². The Kier molecular flexibility index (Phi) is 4.52. The zero-order chi connectivity index (χ0) is 19.2. The summed E-state index contributed by atoms with van der Waals surface area (Å²) in [5, 5.41) is 0. The molecule has 6 nitrogen and oxygen atoms in total. The fourth-order valence-electron chi connectivity index (χ4n) is 3.36. The average Bonchev–Trinajstić information content (AvgIpc) is 3.15. The number of hydrogen-bond acceptors (Lipinski definition) is 4. The lowest BCUT2D eigenvalue weighted by atomic mass is 10.2. The first-order chi connectivity index (χ1) is 12.2. The van der Waals surface area contributed by atoms with Gasteiger partial charge in [0.1, 0.15) is 5.82 Å². The van der Waals surface area contributed by atoms with Crippen LogP contribution in [0.4, 0.5) is 0 Å². The van der Waals surface area contributed by atoms with Gasteiger partial charge in [-0.3, -0.25) is 18.8 Å². The van der Waals surface area contributed by atoms with Crippen molar-refractivity contribution in [3.63, 3.8) is 0 Å². The smallest absolute Gasteiger partial charge is 0.110 e. The molecule has 0 radical (unpaired) electrons. The van der Waals surface area contributed by atoms with E-state index in [1.807, 2.05) is 54.1 Å². The highest BCUT2D eigenvalue weighted by atomic mass is 15.0. The van der Waals surface area contributed by atoms with Gasteiger partial charge in [0.25, 0.3) is 0 Å². The third-order valence-electron chi connectivity index (χ3n) is 5.02. The second-order valence-corrected chi connectivity index (χ2v) is 6.81. The number of aromatic nitrogens is 6. The summed E-state index contributed by atoms with van der Waals surface area (Å²) in [4.78, 5) is 17.5. The van der Waals surface area contributed by atoms with Crippen molar-refractivity contribution in [2.75, 3.05) is 0 Å². The van der Waals surface area contributed by atoms with Crippen LogP contribution < -0.4 is 0 Å². The highest BCUT2D eigenvalue weighted by Crippen LogP contribution is 2.16. The van der Waals surface area contributed by atoms with E-state index in [0.717, 1.165) is 45.3 Å². The van der Waals surface area contributed by atoms with Crippen molar-refractivity contribution in [3.05, 3.63) is 58.2 Å². The van der Waals surface area contributed by atoms with E-state index in [4.69, 9.17) is 0 Å². The van der Waals surface area contributed by atoms with E-state index >= 15 is 0 Å². The van der Waals surface area contributed by atoms with Crippen LogP contribution in [0.25, 0.3) is 11.0 Å². The van der Waals surface area contributed by atoms with Gasteiger partial charge in [-0.05, 0) is 55.4 Å². The average molecular weight is 350 g/mol. The molecule has 0 amide bonds. The van der Waals surface area contributed by atoms with Gasteiger partial charge in [0.05, 0.1) is 52.0 Å². The van der Waals surface area contributed by atoms with Crippen LogP contribution >= 0.6 is 0 Å². The molecular weight excluding hydrogens is 324 g/mol. The third kappa shape index (κ3) is 2.85. The zero-order valence-electron chi connectivity index (χ0n) is 16.8. The predicted molar refractivity (Wildman–Crippen MR) is 104 cm³/mol. The van der Waals surface area contributed by atoms with Gasteiger partial charge in [-0.25, -0.2) is 9.97 Å². The molecule has 0 N–H and O–H groups in total. The van der Waals surface area contributed by atoms with E-state index in [9.17, 15) is 0 Å². The molecule has 4 aromatic heterocycles. The minimum absolute atomic E-state index is 1.03. The topological polar surface area (TPSA) is 60.4 Å². The lowest BCUT2D eigenvalue weighted by Crippen LogP contribution is -2.01. The van der Waals surface area contributed by atoms with Crippen molar-refractivity contribution in [1.82, 2.24) is 28.7 Å². The molecule has 4 rings (SSSR count). The molecule has 136 valence electrons. The summed E-state index contributed by atoms with van der Waals surface area (Å²) in [7, 11) is 0. The van der Waals surface area contributed by atoms with E-state index in [2.05, 4.69) is 42.6 Å². The van der Waals surface area contributed by atoms with Gasteiger partial charge >= 0.3 is 0 Å². The van der Waals surface area contributed by atoms with E-state index in [0.29, 0.717) is 0 Å². The van der Waals surface area contributed by atoms with E-state index in [-0.39, 0.29) is 0 Å². The van der Waals surface area contributed by atoms with Crippen LogP contribution in [0.1, 0.15) is 45.7 Å². The first-order valence-electron chi connectivity index (χ1n) is 8.77. The molecule has 0 saturated carbocycles. The molecular formula is C20H26N6. The van der Waals surface area contributed by atoms with E-state index in [1.54, 1.807) is 0 Å². The number of aryl methyl sites for hydroxylation is 8. The Morgan fingerprint density at radius 2 is 1.27 bits per heavy atom. The second kappa shape index (κ2) is 6.52. The molecule has 0 spiro atoms. The summed E-state index contributed by atoms with van der Waals surface area (Å²) in [5.74, 6) is 1.03. The number of imidazole rings is 2. The number of fused-ring (bicyclic) bond motifs is 2. The fourth-order valence-corrected chi connectivity index (χ4v) is 3.36. The maximum atomic E-state index is 4.47. The van der Waals surface area contributed by atoms with Gasteiger partial charge in [-0.1, -0.05) is 0 Å². The van der Waals surface area contributed by atoms with Gasteiger partial charge in [0, 0.05) is 11.4 Å². The molecule has 0 saturated heterocycles. The summed E-state index contributed by atoms with van der Waals surface area (Å²) in [6, 6.07) is 0. The zero-order valence-corrected chi connectivity index (χ0v) is 16.8. The van der Waals surface area contributed by atoms with Crippen LogP contribution in [0.5, 0.6) is 0 Å². The second-order valence-electron chi connectivity index (χ2n) is 6.81. The largest absolute Gasteiger partial charge is 0.300 e. The number of hydrogen-bond donors (Lipinski definition) is 0. The van der Waals surface area contributed by atoms with Crippen LogP contribution in [0.3, 0.4) is 0 Å².